The minimum Gasteiger partial charge on any atom is -1.00 e. The third-order valence-corrected chi connectivity index (χ3v) is 0. The van der Waals surface area contributed by atoms with Crippen LogP contribution in [0.4, 0.5) is 0 Å². The van der Waals surface area contributed by atoms with Crippen molar-refractivity contribution in [1.82, 2.24) is 0 Å². The SMILES string of the molecule is [Co].[Fe].[H-].[Na+].[Ni]. The zero-order chi connectivity index (χ0) is 0. The van der Waals surface area contributed by atoms with Gasteiger partial charge in [0.2, 0.25) is 0 Å². The van der Waals surface area contributed by atoms with Crippen molar-refractivity contribution in [2.75, 3.05) is 0 Å². The molecule has 0 aliphatic rings. The van der Waals surface area contributed by atoms with Crippen LogP contribution in [0.5, 0.6) is 0 Å². The van der Waals surface area contributed by atoms with Crippen LogP contribution in [0.25, 0.3) is 0 Å². The molecule has 4 heteroatoms. The summed E-state index contributed by atoms with van der Waals surface area (Å²) in [5.74, 6) is 0. The summed E-state index contributed by atoms with van der Waals surface area (Å²) in [6.07, 6.45) is 0. The van der Waals surface area contributed by atoms with Crippen molar-refractivity contribution in [2.24, 2.45) is 0 Å². The molecule has 0 heterocycles. The summed E-state index contributed by atoms with van der Waals surface area (Å²) < 4.78 is 0. The summed E-state index contributed by atoms with van der Waals surface area (Å²) in [6.45, 7) is 0. The molecule has 0 aromatic heterocycles. The Morgan fingerprint density at radius 1 is 1.25 bits per heavy atom. The molecule has 0 rings (SSSR count). The van der Waals surface area contributed by atoms with Gasteiger partial charge in [-0.05, 0) is 0 Å². The first-order valence-electron chi connectivity index (χ1n) is 0. The second-order valence-corrected chi connectivity index (χ2v) is 0. The molecular formula is HCoFeNaNi. The Labute approximate surface area is 80.2 Å². The van der Waals surface area contributed by atoms with Crippen molar-refractivity contribution in [3.63, 3.8) is 0 Å². The molecule has 0 fully saturated rings. The molecule has 0 aliphatic carbocycles. The Morgan fingerprint density at radius 3 is 1.25 bits per heavy atom. The first-order chi connectivity index (χ1) is 0. The van der Waals surface area contributed by atoms with E-state index in [1.165, 1.54) is 0 Å². The van der Waals surface area contributed by atoms with Crippen LogP contribution < -0.4 is 29.6 Å². The van der Waals surface area contributed by atoms with E-state index in [1.807, 2.05) is 0 Å². The normalized spacial score (nSPS) is 0. The molecule has 0 spiro atoms. The minimum atomic E-state index is 0. The molecule has 0 unspecified atom stereocenters. The Kier molecular flexibility index (Phi) is 139. The van der Waals surface area contributed by atoms with Gasteiger partial charge in [-0.15, -0.1) is 0 Å². The standard InChI is InChI=1S/Co.Fe.Na.Ni.H/q;;+1;;-1. The summed E-state index contributed by atoms with van der Waals surface area (Å²) in [5.41, 5.74) is 0. The third-order valence-electron chi connectivity index (χ3n) is 0. The first kappa shape index (κ1) is 31.3. The van der Waals surface area contributed by atoms with Crippen LogP contribution in [0.3, 0.4) is 0 Å². The Hall–Kier alpha value is 2.52. The molecule has 1 radical (unpaired) electrons. The molecular weight excluding hydrogens is 196 g/mol. The smallest absolute Gasteiger partial charge is 1.00 e. The van der Waals surface area contributed by atoms with Crippen molar-refractivity contribution < 1.29 is 81.3 Å². The molecule has 4 heavy (non-hydrogen) atoms. The molecule has 0 aromatic carbocycles. The molecule has 0 aromatic rings. The van der Waals surface area contributed by atoms with Gasteiger partial charge in [0.15, 0.2) is 0 Å². The van der Waals surface area contributed by atoms with Crippen LogP contribution in [0, 0.1) is 0 Å². The van der Waals surface area contributed by atoms with Crippen LogP contribution in [-0.4, -0.2) is 0 Å². The Bertz CT molecular complexity index is 11.6. The number of rotatable bonds is 0. The molecule has 29 valence electrons. The van der Waals surface area contributed by atoms with Gasteiger partial charge in [0.25, 0.3) is 0 Å². The Balaban J connectivity index is 0. The largest absolute Gasteiger partial charge is 1.00 e. The maximum atomic E-state index is 0. The predicted octanol–water partition coefficient (Wildman–Crippen LogP) is -2.89. The van der Waals surface area contributed by atoms with Gasteiger partial charge in [-0.2, -0.15) is 0 Å². The molecule has 0 saturated carbocycles. The van der Waals surface area contributed by atoms with Crippen LogP contribution >= 0.6 is 0 Å². The van der Waals surface area contributed by atoms with E-state index >= 15 is 0 Å². The number of hydrogen-bond acceptors (Lipinski definition) is 0. The molecule has 0 aliphatic heterocycles. The molecule has 0 N–H and O–H groups in total. The molecule has 0 amide bonds. The van der Waals surface area contributed by atoms with Gasteiger partial charge >= 0.3 is 29.6 Å². The van der Waals surface area contributed by atoms with Crippen molar-refractivity contribution in [3.8, 4) is 0 Å². The quantitative estimate of drug-likeness (QED) is 0.366. The second kappa shape index (κ2) is 17.8. The third kappa shape index (κ3) is 8.82. The fraction of sp³-hybridized carbons (Fsp3) is 0. The van der Waals surface area contributed by atoms with E-state index in [0.29, 0.717) is 0 Å². The van der Waals surface area contributed by atoms with Gasteiger partial charge in [0, 0.05) is 50.3 Å². The van der Waals surface area contributed by atoms with Gasteiger partial charge in [-0.25, -0.2) is 0 Å². The molecule has 0 saturated heterocycles. The first-order valence-corrected chi connectivity index (χ1v) is 0. The zero-order valence-corrected chi connectivity index (χ0v) is 7.14. The molecule has 0 nitrogen and oxygen atoms in total. The zero-order valence-electron chi connectivity index (χ0n) is 3.00. The Morgan fingerprint density at radius 2 is 1.25 bits per heavy atom. The van der Waals surface area contributed by atoms with Gasteiger partial charge in [-0.1, -0.05) is 0 Å². The summed E-state index contributed by atoms with van der Waals surface area (Å²) in [5, 5.41) is 0. The van der Waals surface area contributed by atoms with Gasteiger partial charge < -0.3 is 1.43 Å². The number of hydrogen-bond donors (Lipinski definition) is 0. The fourth-order valence-corrected chi connectivity index (χ4v) is 0. The van der Waals surface area contributed by atoms with Crippen molar-refractivity contribution >= 4 is 0 Å². The van der Waals surface area contributed by atoms with Gasteiger partial charge in [0.05, 0.1) is 0 Å². The van der Waals surface area contributed by atoms with Crippen molar-refractivity contribution in [1.29, 1.82) is 0 Å². The minimum absolute atomic E-state index is 0. The summed E-state index contributed by atoms with van der Waals surface area (Å²) >= 11 is 0. The predicted molar refractivity (Wildman–Crippen MR) is 1.11 cm³/mol. The van der Waals surface area contributed by atoms with Gasteiger partial charge in [0.1, 0.15) is 0 Å². The van der Waals surface area contributed by atoms with E-state index in [0.717, 1.165) is 0 Å². The van der Waals surface area contributed by atoms with Crippen LogP contribution in [0.15, 0.2) is 0 Å². The van der Waals surface area contributed by atoms with E-state index in [9.17, 15) is 0 Å². The van der Waals surface area contributed by atoms with Crippen molar-refractivity contribution in [3.05, 3.63) is 0 Å². The fourth-order valence-electron chi connectivity index (χ4n) is 0. The van der Waals surface area contributed by atoms with E-state index in [2.05, 4.69) is 0 Å². The van der Waals surface area contributed by atoms with Crippen molar-refractivity contribution in [2.45, 2.75) is 0 Å². The van der Waals surface area contributed by atoms with E-state index in [4.69, 9.17) is 0 Å². The topological polar surface area (TPSA) is 0 Å². The van der Waals surface area contributed by atoms with Crippen LogP contribution in [0.1, 0.15) is 1.43 Å². The molecule has 0 bridgehead atoms. The van der Waals surface area contributed by atoms with Crippen LogP contribution in [0.2, 0.25) is 0 Å². The summed E-state index contributed by atoms with van der Waals surface area (Å²) in [7, 11) is 0. The van der Waals surface area contributed by atoms with Crippen LogP contribution in [-0.2, 0) is 50.3 Å². The summed E-state index contributed by atoms with van der Waals surface area (Å²) in [4.78, 5) is 0. The maximum Gasteiger partial charge on any atom is 1.00 e. The molecule has 0 atom stereocenters. The van der Waals surface area contributed by atoms with Gasteiger partial charge in [-0.3, -0.25) is 0 Å². The van der Waals surface area contributed by atoms with E-state index in [1.54, 1.807) is 0 Å². The maximum absolute atomic E-state index is 0. The average molecular weight is 197 g/mol. The van der Waals surface area contributed by atoms with E-state index in [-0.39, 0.29) is 81.3 Å². The monoisotopic (exact) mass is 197 g/mol. The summed E-state index contributed by atoms with van der Waals surface area (Å²) in [6, 6.07) is 0. The average Bonchev–Trinajstić information content (AvgIpc) is 0. The van der Waals surface area contributed by atoms with E-state index < -0.39 is 0 Å². The second-order valence-electron chi connectivity index (χ2n) is 0.